The van der Waals surface area contributed by atoms with Gasteiger partial charge in [0.1, 0.15) is 5.82 Å². The molecular formula is C21H16FN. The monoisotopic (exact) mass is 301 g/mol. The largest absolute Gasteiger partial charge is 0.256 e. The van der Waals surface area contributed by atoms with Crippen LogP contribution in [0.5, 0.6) is 0 Å². The summed E-state index contributed by atoms with van der Waals surface area (Å²) < 4.78 is 13.8. The number of aryl methyl sites for hydroxylation is 2. The van der Waals surface area contributed by atoms with Crippen molar-refractivity contribution in [3.63, 3.8) is 0 Å². The highest BCUT2D eigenvalue weighted by Crippen LogP contribution is 2.33. The van der Waals surface area contributed by atoms with Gasteiger partial charge in [0, 0.05) is 17.1 Å². The molecule has 0 atom stereocenters. The molecule has 0 bridgehead atoms. The summed E-state index contributed by atoms with van der Waals surface area (Å²) >= 11 is 0. The molecule has 0 fully saturated rings. The predicted molar refractivity (Wildman–Crippen MR) is 94.1 cm³/mol. The fourth-order valence-electron chi connectivity index (χ4n) is 3.30. The van der Waals surface area contributed by atoms with Gasteiger partial charge in [-0.15, -0.1) is 0 Å². The Morgan fingerprint density at radius 1 is 0.783 bits per heavy atom. The number of pyridine rings is 1. The Bertz CT molecular complexity index is 1030. The van der Waals surface area contributed by atoms with E-state index in [4.69, 9.17) is 0 Å². The Morgan fingerprint density at radius 2 is 1.48 bits per heavy atom. The van der Waals surface area contributed by atoms with Crippen molar-refractivity contribution in [3.05, 3.63) is 77.7 Å². The lowest BCUT2D eigenvalue weighted by molar-refractivity contribution is 0.630. The second-order valence-electron chi connectivity index (χ2n) is 6.07. The average molecular weight is 301 g/mol. The lowest BCUT2D eigenvalue weighted by Crippen LogP contribution is -1.90. The topological polar surface area (TPSA) is 12.9 Å². The van der Waals surface area contributed by atoms with Crippen LogP contribution in [0.1, 0.15) is 11.1 Å². The quantitative estimate of drug-likeness (QED) is 0.404. The summed E-state index contributed by atoms with van der Waals surface area (Å²) in [6.07, 6.45) is 1.82. The molecular weight excluding hydrogens is 285 g/mol. The van der Waals surface area contributed by atoms with Gasteiger partial charge in [-0.2, -0.15) is 0 Å². The number of aromatic nitrogens is 1. The maximum absolute atomic E-state index is 13.8. The van der Waals surface area contributed by atoms with Crippen LogP contribution in [-0.2, 0) is 0 Å². The first-order valence-corrected chi connectivity index (χ1v) is 7.67. The highest BCUT2D eigenvalue weighted by Gasteiger charge is 2.10. The van der Waals surface area contributed by atoms with Crippen molar-refractivity contribution >= 4 is 21.5 Å². The van der Waals surface area contributed by atoms with Gasteiger partial charge in [0.05, 0.1) is 5.69 Å². The number of nitrogens with zero attached hydrogens (tertiary/aromatic N) is 1. The molecule has 0 aliphatic rings. The van der Waals surface area contributed by atoms with E-state index in [1.807, 2.05) is 24.4 Å². The van der Waals surface area contributed by atoms with Crippen LogP contribution in [0.4, 0.5) is 4.39 Å². The van der Waals surface area contributed by atoms with Crippen molar-refractivity contribution < 1.29 is 4.39 Å². The van der Waals surface area contributed by atoms with Gasteiger partial charge in [0.2, 0.25) is 0 Å². The first kappa shape index (κ1) is 13.9. The van der Waals surface area contributed by atoms with E-state index in [9.17, 15) is 4.39 Å². The number of fused-ring (bicyclic) bond motifs is 3. The molecule has 2 heteroatoms. The van der Waals surface area contributed by atoms with Crippen LogP contribution in [0.25, 0.3) is 32.8 Å². The molecule has 0 saturated heterocycles. The smallest absolute Gasteiger partial charge is 0.123 e. The van der Waals surface area contributed by atoms with E-state index in [0.717, 1.165) is 32.8 Å². The second-order valence-corrected chi connectivity index (χ2v) is 6.07. The van der Waals surface area contributed by atoms with E-state index in [2.05, 4.69) is 43.1 Å². The van der Waals surface area contributed by atoms with E-state index in [1.165, 1.54) is 17.2 Å². The molecule has 0 saturated carbocycles. The van der Waals surface area contributed by atoms with Gasteiger partial charge in [-0.05, 0) is 60.3 Å². The van der Waals surface area contributed by atoms with E-state index in [0.29, 0.717) is 0 Å². The molecule has 0 unspecified atom stereocenters. The summed E-state index contributed by atoms with van der Waals surface area (Å²) in [5.74, 6) is -0.222. The number of hydrogen-bond donors (Lipinski definition) is 0. The lowest BCUT2D eigenvalue weighted by atomic mass is 9.96. The molecule has 0 spiro atoms. The first-order valence-electron chi connectivity index (χ1n) is 7.67. The minimum Gasteiger partial charge on any atom is -0.256 e. The molecule has 4 aromatic rings. The summed E-state index contributed by atoms with van der Waals surface area (Å²) in [5.41, 5.74) is 4.38. The molecule has 23 heavy (non-hydrogen) atoms. The molecule has 0 amide bonds. The van der Waals surface area contributed by atoms with Crippen LogP contribution < -0.4 is 0 Å². The van der Waals surface area contributed by atoms with Crippen LogP contribution in [0.2, 0.25) is 0 Å². The molecule has 1 aromatic heterocycles. The van der Waals surface area contributed by atoms with E-state index in [1.54, 1.807) is 6.07 Å². The highest BCUT2D eigenvalue weighted by molar-refractivity contribution is 6.13. The summed E-state index contributed by atoms with van der Waals surface area (Å²) in [5, 5.41) is 4.02. The van der Waals surface area contributed by atoms with Crippen molar-refractivity contribution in [1.82, 2.24) is 4.98 Å². The van der Waals surface area contributed by atoms with Gasteiger partial charge in [-0.25, -0.2) is 4.39 Å². The van der Waals surface area contributed by atoms with Crippen LogP contribution in [0.3, 0.4) is 0 Å². The molecule has 0 aliphatic carbocycles. The zero-order valence-corrected chi connectivity index (χ0v) is 13.1. The molecule has 4 rings (SSSR count). The Balaban J connectivity index is 2.16. The Morgan fingerprint density at radius 3 is 2.26 bits per heavy atom. The summed E-state index contributed by atoms with van der Waals surface area (Å²) in [4.78, 5) is 4.62. The fraction of sp³-hybridized carbons (Fsp3) is 0.0952. The maximum Gasteiger partial charge on any atom is 0.123 e. The van der Waals surface area contributed by atoms with E-state index >= 15 is 0 Å². The van der Waals surface area contributed by atoms with Crippen LogP contribution in [-0.4, -0.2) is 4.98 Å². The van der Waals surface area contributed by atoms with E-state index < -0.39 is 0 Å². The summed E-state index contributed by atoms with van der Waals surface area (Å²) in [6, 6.07) is 17.4. The van der Waals surface area contributed by atoms with Gasteiger partial charge in [-0.3, -0.25) is 4.98 Å². The SMILES string of the molecule is Cc1cc(C)cc(-c2nccc3ccc4ccc(F)cc4c23)c1. The van der Waals surface area contributed by atoms with Gasteiger partial charge in [0.25, 0.3) is 0 Å². The summed E-state index contributed by atoms with van der Waals surface area (Å²) in [6.45, 7) is 4.17. The standard InChI is InChI=1S/C21H16FN/c1-13-9-14(2)11-17(10-13)21-20-16(7-8-23-21)4-3-15-5-6-18(22)12-19(15)20/h3-12H,1-2H3. The third-order valence-corrected chi connectivity index (χ3v) is 4.21. The van der Waals surface area contributed by atoms with E-state index in [-0.39, 0.29) is 5.82 Å². The lowest BCUT2D eigenvalue weighted by Gasteiger charge is -2.11. The van der Waals surface area contributed by atoms with Crippen molar-refractivity contribution in [2.75, 3.05) is 0 Å². The van der Waals surface area contributed by atoms with Crippen molar-refractivity contribution in [1.29, 1.82) is 0 Å². The second kappa shape index (κ2) is 5.17. The third-order valence-electron chi connectivity index (χ3n) is 4.21. The van der Waals surface area contributed by atoms with Gasteiger partial charge in [0.15, 0.2) is 0 Å². The van der Waals surface area contributed by atoms with Gasteiger partial charge < -0.3 is 0 Å². The number of halogens is 1. The van der Waals surface area contributed by atoms with Crippen molar-refractivity contribution in [2.45, 2.75) is 13.8 Å². The fourth-order valence-corrected chi connectivity index (χ4v) is 3.30. The maximum atomic E-state index is 13.8. The van der Waals surface area contributed by atoms with Crippen LogP contribution in [0.15, 0.2) is 60.8 Å². The third kappa shape index (κ3) is 2.36. The molecule has 0 radical (unpaired) electrons. The van der Waals surface area contributed by atoms with Crippen molar-refractivity contribution in [3.8, 4) is 11.3 Å². The number of benzene rings is 3. The van der Waals surface area contributed by atoms with Gasteiger partial charge in [-0.1, -0.05) is 35.4 Å². The molecule has 1 heterocycles. The average Bonchev–Trinajstić information content (AvgIpc) is 2.53. The molecule has 1 nitrogen and oxygen atoms in total. The summed E-state index contributed by atoms with van der Waals surface area (Å²) in [7, 11) is 0. The minimum atomic E-state index is -0.222. The minimum absolute atomic E-state index is 0.222. The molecule has 3 aromatic carbocycles. The predicted octanol–water partition coefficient (Wildman–Crippen LogP) is 5.81. The van der Waals surface area contributed by atoms with Crippen molar-refractivity contribution in [2.24, 2.45) is 0 Å². The number of hydrogen-bond acceptors (Lipinski definition) is 1. The molecule has 0 aliphatic heterocycles. The molecule has 0 N–H and O–H groups in total. The Kier molecular flexibility index (Phi) is 3.12. The van der Waals surface area contributed by atoms with Gasteiger partial charge >= 0.3 is 0 Å². The first-order chi connectivity index (χ1) is 11.1. The Hall–Kier alpha value is -2.74. The van der Waals surface area contributed by atoms with Crippen LogP contribution >= 0.6 is 0 Å². The zero-order valence-electron chi connectivity index (χ0n) is 13.1. The molecule has 112 valence electrons. The number of rotatable bonds is 1. The Labute approximate surface area is 134 Å². The zero-order chi connectivity index (χ0) is 16.0. The van der Waals surface area contributed by atoms with Crippen LogP contribution in [0, 0.1) is 19.7 Å². The normalized spacial score (nSPS) is 11.3. The highest BCUT2D eigenvalue weighted by atomic mass is 19.1.